The number of fused-ring (bicyclic) bond motifs is 1. The average Bonchev–Trinajstić information content (AvgIpc) is 2.29. The number of aromatic nitrogens is 1. The van der Waals surface area contributed by atoms with Gasteiger partial charge in [-0.2, -0.15) is 0 Å². The van der Waals surface area contributed by atoms with Gasteiger partial charge in [0.05, 0.1) is 12.5 Å². The minimum Gasteiger partial charge on any atom is -0.464 e. The van der Waals surface area contributed by atoms with Gasteiger partial charge in [0.1, 0.15) is 11.5 Å². The van der Waals surface area contributed by atoms with Crippen LogP contribution in [0.3, 0.4) is 0 Å². The maximum atomic E-state index is 13.2. The number of H-pyrrole nitrogens is 1. The number of carbonyl (C=O) groups is 1. The van der Waals surface area contributed by atoms with Gasteiger partial charge in [-0.3, -0.25) is 4.79 Å². The quantitative estimate of drug-likeness (QED) is 0.766. The first-order valence-corrected chi connectivity index (χ1v) is 4.94. The van der Waals surface area contributed by atoms with Crippen LogP contribution in [-0.4, -0.2) is 18.1 Å². The highest BCUT2D eigenvalue weighted by molar-refractivity contribution is 5.94. The zero-order valence-corrected chi connectivity index (χ0v) is 9.33. The molecule has 88 valence electrons. The number of carbonyl (C=O) groups excluding carboxylic acids is 1. The van der Waals surface area contributed by atoms with E-state index in [-0.39, 0.29) is 11.1 Å². The third-order valence-corrected chi connectivity index (χ3v) is 2.54. The first-order chi connectivity index (χ1) is 8.02. The molecule has 0 bridgehead atoms. The second-order valence-electron chi connectivity index (χ2n) is 3.69. The van der Waals surface area contributed by atoms with E-state index in [1.54, 1.807) is 6.92 Å². The Kier molecular flexibility index (Phi) is 2.67. The monoisotopic (exact) mass is 235 g/mol. The maximum Gasteiger partial charge on any atom is 0.354 e. The lowest BCUT2D eigenvalue weighted by Gasteiger charge is -2.04. The molecule has 2 rings (SSSR count). The molecule has 0 saturated carbocycles. The van der Waals surface area contributed by atoms with Crippen molar-refractivity contribution < 1.29 is 13.9 Å². The summed E-state index contributed by atoms with van der Waals surface area (Å²) in [4.78, 5) is 25.4. The van der Waals surface area contributed by atoms with Gasteiger partial charge in [0.2, 0.25) is 0 Å². The molecule has 0 amide bonds. The fourth-order valence-electron chi connectivity index (χ4n) is 1.72. The number of aryl methyl sites for hydroxylation is 1. The molecule has 1 aromatic carbocycles. The van der Waals surface area contributed by atoms with E-state index in [4.69, 9.17) is 0 Å². The fraction of sp³-hybridized carbons (Fsp3) is 0.167. The van der Waals surface area contributed by atoms with Gasteiger partial charge in [-0.05, 0) is 36.1 Å². The number of nitrogens with one attached hydrogen (secondary N) is 1. The van der Waals surface area contributed by atoms with Crippen LogP contribution in [0.25, 0.3) is 10.8 Å². The second-order valence-corrected chi connectivity index (χ2v) is 3.69. The van der Waals surface area contributed by atoms with Crippen LogP contribution in [0.5, 0.6) is 0 Å². The van der Waals surface area contributed by atoms with Crippen molar-refractivity contribution in [2.75, 3.05) is 7.11 Å². The van der Waals surface area contributed by atoms with E-state index in [0.717, 1.165) is 6.07 Å². The number of halogens is 1. The molecule has 0 aliphatic carbocycles. The SMILES string of the molecule is COC(=O)c1cc2c(C)cc(F)cc2c(=O)[nH]1. The number of ether oxygens (including phenoxy) is 1. The van der Waals surface area contributed by atoms with E-state index in [1.807, 2.05) is 0 Å². The lowest BCUT2D eigenvalue weighted by atomic mass is 10.1. The molecule has 0 aliphatic rings. The van der Waals surface area contributed by atoms with Crippen molar-refractivity contribution in [2.45, 2.75) is 6.92 Å². The van der Waals surface area contributed by atoms with Crippen molar-refractivity contribution in [1.29, 1.82) is 0 Å². The van der Waals surface area contributed by atoms with Crippen LogP contribution >= 0.6 is 0 Å². The van der Waals surface area contributed by atoms with Crippen LogP contribution in [0.4, 0.5) is 4.39 Å². The molecule has 0 spiro atoms. The number of hydrogen-bond donors (Lipinski definition) is 1. The van der Waals surface area contributed by atoms with Gasteiger partial charge in [-0.15, -0.1) is 0 Å². The molecule has 0 atom stereocenters. The number of rotatable bonds is 1. The molecule has 1 aromatic heterocycles. The summed E-state index contributed by atoms with van der Waals surface area (Å²) >= 11 is 0. The van der Waals surface area contributed by atoms with Crippen molar-refractivity contribution in [1.82, 2.24) is 4.98 Å². The average molecular weight is 235 g/mol. The lowest BCUT2D eigenvalue weighted by molar-refractivity contribution is 0.0594. The number of aromatic amines is 1. The van der Waals surface area contributed by atoms with Crippen molar-refractivity contribution in [3.63, 3.8) is 0 Å². The smallest absolute Gasteiger partial charge is 0.354 e. The molecule has 4 nitrogen and oxygen atoms in total. The summed E-state index contributed by atoms with van der Waals surface area (Å²) in [7, 11) is 1.22. The fourth-order valence-corrected chi connectivity index (χ4v) is 1.72. The number of methoxy groups -OCH3 is 1. The van der Waals surface area contributed by atoms with Gasteiger partial charge in [-0.1, -0.05) is 0 Å². The van der Waals surface area contributed by atoms with Gasteiger partial charge in [0.25, 0.3) is 5.56 Å². The first kappa shape index (κ1) is 11.3. The minimum absolute atomic E-state index is 0.0553. The summed E-state index contributed by atoms with van der Waals surface area (Å²) in [5, 5.41) is 0.755. The van der Waals surface area contributed by atoms with Crippen molar-refractivity contribution in [2.24, 2.45) is 0 Å². The van der Waals surface area contributed by atoms with E-state index in [1.165, 1.54) is 19.2 Å². The van der Waals surface area contributed by atoms with Crippen LogP contribution in [-0.2, 0) is 4.74 Å². The maximum absolute atomic E-state index is 13.2. The molecule has 0 radical (unpaired) electrons. The molecule has 0 saturated heterocycles. The highest BCUT2D eigenvalue weighted by atomic mass is 19.1. The van der Waals surface area contributed by atoms with Crippen molar-refractivity contribution in [3.8, 4) is 0 Å². The van der Waals surface area contributed by atoms with Gasteiger partial charge in [-0.25, -0.2) is 9.18 Å². The molecular formula is C12H10FNO3. The van der Waals surface area contributed by atoms with E-state index in [2.05, 4.69) is 9.72 Å². The van der Waals surface area contributed by atoms with Gasteiger partial charge >= 0.3 is 5.97 Å². The molecule has 1 N–H and O–H groups in total. The molecule has 2 aromatic rings. The topological polar surface area (TPSA) is 59.2 Å². The highest BCUT2D eigenvalue weighted by Gasteiger charge is 2.11. The van der Waals surface area contributed by atoms with E-state index < -0.39 is 17.3 Å². The van der Waals surface area contributed by atoms with Crippen molar-refractivity contribution in [3.05, 3.63) is 45.6 Å². The third-order valence-electron chi connectivity index (χ3n) is 2.54. The number of pyridine rings is 1. The Bertz CT molecular complexity index is 661. The largest absolute Gasteiger partial charge is 0.464 e. The Morgan fingerprint density at radius 1 is 1.29 bits per heavy atom. The molecule has 0 unspecified atom stereocenters. The lowest BCUT2D eigenvalue weighted by Crippen LogP contribution is -2.14. The predicted molar refractivity (Wildman–Crippen MR) is 60.6 cm³/mol. The number of benzene rings is 1. The van der Waals surface area contributed by atoms with Crippen LogP contribution in [0.2, 0.25) is 0 Å². The summed E-state index contributed by atoms with van der Waals surface area (Å²) in [5.74, 6) is -1.11. The zero-order chi connectivity index (χ0) is 12.6. The standard InChI is InChI=1S/C12H10FNO3/c1-6-3-7(13)4-9-8(6)5-10(12(16)17-2)14-11(9)15/h3-5H,1-2H3,(H,14,15). The normalized spacial score (nSPS) is 10.5. The van der Waals surface area contributed by atoms with E-state index >= 15 is 0 Å². The Morgan fingerprint density at radius 3 is 2.65 bits per heavy atom. The van der Waals surface area contributed by atoms with Crippen LogP contribution in [0.15, 0.2) is 23.0 Å². The minimum atomic E-state index is -0.632. The first-order valence-electron chi connectivity index (χ1n) is 4.94. The molecule has 1 heterocycles. The zero-order valence-electron chi connectivity index (χ0n) is 9.33. The Morgan fingerprint density at radius 2 is 2.00 bits per heavy atom. The summed E-state index contributed by atoms with van der Waals surface area (Å²) in [5.41, 5.74) is 0.140. The Balaban J connectivity index is 2.82. The van der Waals surface area contributed by atoms with E-state index in [9.17, 15) is 14.0 Å². The summed E-state index contributed by atoms with van der Waals surface area (Å²) < 4.78 is 17.7. The number of esters is 1. The molecule has 5 heteroatoms. The number of hydrogen-bond acceptors (Lipinski definition) is 3. The Labute approximate surface area is 96.0 Å². The summed E-state index contributed by atoms with van der Waals surface area (Å²) in [6.07, 6.45) is 0. The molecule has 17 heavy (non-hydrogen) atoms. The molecule has 0 aliphatic heterocycles. The van der Waals surface area contributed by atoms with Gasteiger partial charge in [0.15, 0.2) is 0 Å². The van der Waals surface area contributed by atoms with Crippen molar-refractivity contribution >= 4 is 16.7 Å². The van der Waals surface area contributed by atoms with Gasteiger partial charge in [0, 0.05) is 0 Å². The van der Waals surface area contributed by atoms with E-state index in [0.29, 0.717) is 10.9 Å². The predicted octanol–water partition coefficient (Wildman–Crippen LogP) is 1.76. The summed E-state index contributed by atoms with van der Waals surface area (Å²) in [6, 6.07) is 3.93. The molecular weight excluding hydrogens is 225 g/mol. The van der Waals surface area contributed by atoms with Crippen LogP contribution < -0.4 is 5.56 Å². The van der Waals surface area contributed by atoms with Gasteiger partial charge < -0.3 is 9.72 Å². The molecule has 0 fully saturated rings. The highest BCUT2D eigenvalue weighted by Crippen LogP contribution is 2.17. The Hall–Kier alpha value is -2.17. The summed E-state index contributed by atoms with van der Waals surface area (Å²) in [6.45, 7) is 1.67. The second kappa shape index (κ2) is 4.01. The van der Waals surface area contributed by atoms with Crippen LogP contribution in [0, 0.1) is 12.7 Å². The van der Waals surface area contributed by atoms with Crippen LogP contribution in [0.1, 0.15) is 16.1 Å². The third kappa shape index (κ3) is 1.91.